The Balaban J connectivity index is 0.00000392. The minimum Gasteiger partial charge on any atom is -0.450 e. The molecular formula is C18H29IN4O4S. The molecule has 0 spiro atoms. The number of halogens is 1. The van der Waals surface area contributed by atoms with Crippen molar-refractivity contribution in [3.63, 3.8) is 0 Å². The van der Waals surface area contributed by atoms with Gasteiger partial charge in [-0.25, -0.2) is 13.2 Å². The number of carbonyl (C=O) groups excluding carboxylic acids is 1. The number of hydrogen-bond acceptors (Lipinski definition) is 5. The van der Waals surface area contributed by atoms with E-state index in [2.05, 4.69) is 15.2 Å². The number of amides is 1. The number of ether oxygens (including phenoxy) is 1. The standard InChI is InChI=1S/C18H28N4O4S.HI/c1-3-26-18(23)22-13-11-21(12-14-22)17(19-2)20-10-7-15-27(24,25)16-8-5-4-6-9-16;/h4-6,8-9H,3,7,10-15H2,1-2H3,(H,19,20);1H. The molecule has 1 heterocycles. The Bertz CT molecular complexity index is 735. The van der Waals surface area contributed by atoms with Gasteiger partial charge < -0.3 is 19.9 Å². The van der Waals surface area contributed by atoms with Crippen LogP contribution in [0.15, 0.2) is 40.2 Å². The van der Waals surface area contributed by atoms with Crippen molar-refractivity contribution in [1.82, 2.24) is 15.1 Å². The summed E-state index contributed by atoms with van der Waals surface area (Å²) in [5.41, 5.74) is 0. The van der Waals surface area contributed by atoms with Crippen molar-refractivity contribution in [2.24, 2.45) is 4.99 Å². The average molecular weight is 524 g/mol. The van der Waals surface area contributed by atoms with E-state index in [1.807, 2.05) is 0 Å². The predicted molar refractivity (Wildman–Crippen MR) is 120 cm³/mol. The molecule has 28 heavy (non-hydrogen) atoms. The van der Waals surface area contributed by atoms with Crippen LogP contribution in [0.25, 0.3) is 0 Å². The molecule has 0 aromatic heterocycles. The van der Waals surface area contributed by atoms with Gasteiger partial charge in [0.1, 0.15) is 0 Å². The van der Waals surface area contributed by atoms with Crippen molar-refractivity contribution in [3.05, 3.63) is 30.3 Å². The van der Waals surface area contributed by atoms with E-state index in [4.69, 9.17) is 4.74 Å². The minimum atomic E-state index is -3.26. The van der Waals surface area contributed by atoms with Crippen LogP contribution in [0.5, 0.6) is 0 Å². The molecule has 10 heteroatoms. The Kier molecular flexibility index (Phi) is 10.6. The van der Waals surface area contributed by atoms with E-state index in [0.29, 0.717) is 50.6 Å². The first-order valence-corrected chi connectivity index (χ1v) is 10.8. The number of guanidine groups is 1. The van der Waals surface area contributed by atoms with Crippen molar-refractivity contribution >= 4 is 45.9 Å². The van der Waals surface area contributed by atoms with Crippen LogP contribution in [0.1, 0.15) is 13.3 Å². The van der Waals surface area contributed by atoms with Gasteiger partial charge in [-0.15, -0.1) is 24.0 Å². The summed E-state index contributed by atoms with van der Waals surface area (Å²) in [5, 5.41) is 3.21. The maximum Gasteiger partial charge on any atom is 0.409 e. The number of piperazine rings is 1. The molecule has 1 amide bonds. The molecule has 1 aromatic rings. The summed E-state index contributed by atoms with van der Waals surface area (Å²) in [6.07, 6.45) is 0.199. The number of nitrogens with zero attached hydrogens (tertiary/aromatic N) is 3. The maximum atomic E-state index is 12.3. The Morgan fingerprint density at radius 1 is 1.14 bits per heavy atom. The molecule has 0 bridgehead atoms. The fraction of sp³-hybridized carbons (Fsp3) is 0.556. The highest BCUT2D eigenvalue weighted by Crippen LogP contribution is 2.11. The van der Waals surface area contributed by atoms with Crippen molar-refractivity contribution in [1.29, 1.82) is 0 Å². The van der Waals surface area contributed by atoms with Gasteiger partial charge in [-0.1, -0.05) is 18.2 Å². The Labute approximate surface area is 184 Å². The van der Waals surface area contributed by atoms with Gasteiger partial charge in [0.25, 0.3) is 0 Å². The number of rotatable bonds is 6. The molecule has 0 aliphatic carbocycles. The molecule has 0 atom stereocenters. The lowest BCUT2D eigenvalue weighted by molar-refractivity contribution is 0.0915. The number of carbonyl (C=O) groups is 1. The second kappa shape index (κ2) is 12.1. The summed E-state index contributed by atoms with van der Waals surface area (Å²) in [7, 11) is -1.57. The highest BCUT2D eigenvalue weighted by Gasteiger charge is 2.23. The smallest absolute Gasteiger partial charge is 0.409 e. The van der Waals surface area contributed by atoms with Gasteiger partial charge in [-0.05, 0) is 25.5 Å². The molecule has 158 valence electrons. The maximum absolute atomic E-state index is 12.3. The number of nitrogens with one attached hydrogen (secondary N) is 1. The van der Waals surface area contributed by atoms with Gasteiger partial charge in [-0.3, -0.25) is 4.99 Å². The van der Waals surface area contributed by atoms with E-state index in [9.17, 15) is 13.2 Å². The predicted octanol–water partition coefficient (Wildman–Crippen LogP) is 1.82. The van der Waals surface area contributed by atoms with Crippen molar-refractivity contribution < 1.29 is 17.9 Å². The number of hydrogen-bond donors (Lipinski definition) is 1. The lowest BCUT2D eigenvalue weighted by Crippen LogP contribution is -2.54. The zero-order chi connectivity index (χ0) is 19.7. The molecule has 1 fully saturated rings. The van der Waals surface area contributed by atoms with E-state index in [1.54, 1.807) is 49.2 Å². The van der Waals surface area contributed by atoms with Gasteiger partial charge in [0.15, 0.2) is 15.8 Å². The van der Waals surface area contributed by atoms with Crippen LogP contribution in [0.2, 0.25) is 0 Å². The largest absolute Gasteiger partial charge is 0.450 e. The molecule has 0 radical (unpaired) electrons. The lowest BCUT2D eigenvalue weighted by atomic mass is 10.3. The van der Waals surface area contributed by atoms with Gasteiger partial charge in [0.05, 0.1) is 17.3 Å². The summed E-state index contributed by atoms with van der Waals surface area (Å²) >= 11 is 0. The normalized spacial score (nSPS) is 15.0. The van der Waals surface area contributed by atoms with Gasteiger partial charge in [-0.2, -0.15) is 0 Å². The SMILES string of the molecule is CCOC(=O)N1CCN(C(=NC)NCCCS(=O)(=O)c2ccccc2)CC1.I. The molecule has 1 aliphatic heterocycles. The molecule has 1 saturated heterocycles. The van der Waals surface area contributed by atoms with E-state index in [-0.39, 0.29) is 35.8 Å². The van der Waals surface area contributed by atoms with Crippen molar-refractivity contribution in [2.45, 2.75) is 18.2 Å². The first-order valence-electron chi connectivity index (χ1n) is 9.13. The Morgan fingerprint density at radius 3 is 2.32 bits per heavy atom. The molecule has 0 saturated carbocycles. The second-order valence-corrected chi connectivity index (χ2v) is 8.24. The molecule has 1 aromatic carbocycles. The topological polar surface area (TPSA) is 91.3 Å². The summed E-state index contributed by atoms with van der Waals surface area (Å²) in [4.78, 5) is 20.1. The first-order chi connectivity index (χ1) is 13.0. The summed E-state index contributed by atoms with van der Waals surface area (Å²) < 4.78 is 29.6. The third-order valence-electron chi connectivity index (χ3n) is 4.29. The van der Waals surface area contributed by atoms with Crippen LogP contribution in [-0.4, -0.2) is 82.4 Å². The van der Waals surface area contributed by atoms with Gasteiger partial charge in [0, 0.05) is 39.8 Å². The zero-order valence-electron chi connectivity index (χ0n) is 16.3. The second-order valence-electron chi connectivity index (χ2n) is 6.13. The minimum absolute atomic E-state index is 0. The van der Waals surface area contributed by atoms with Gasteiger partial charge in [0.2, 0.25) is 0 Å². The highest BCUT2D eigenvalue weighted by molar-refractivity contribution is 14.0. The van der Waals surface area contributed by atoms with E-state index < -0.39 is 9.84 Å². The van der Waals surface area contributed by atoms with Crippen LogP contribution >= 0.6 is 24.0 Å². The summed E-state index contributed by atoms with van der Waals surface area (Å²) in [5.74, 6) is 0.799. The van der Waals surface area contributed by atoms with Crippen LogP contribution < -0.4 is 5.32 Å². The van der Waals surface area contributed by atoms with Crippen LogP contribution in [-0.2, 0) is 14.6 Å². The number of aliphatic imine (C=N–C) groups is 1. The number of benzene rings is 1. The fourth-order valence-corrected chi connectivity index (χ4v) is 4.19. The number of sulfone groups is 1. The third kappa shape index (κ3) is 7.12. The van der Waals surface area contributed by atoms with Crippen molar-refractivity contribution in [2.75, 3.05) is 52.1 Å². The fourth-order valence-electron chi connectivity index (χ4n) is 2.86. The summed E-state index contributed by atoms with van der Waals surface area (Å²) in [6, 6.07) is 8.48. The highest BCUT2D eigenvalue weighted by atomic mass is 127. The van der Waals surface area contributed by atoms with E-state index in [1.165, 1.54) is 0 Å². The molecule has 0 unspecified atom stereocenters. The Hall–Kier alpha value is -1.56. The van der Waals surface area contributed by atoms with Gasteiger partial charge >= 0.3 is 6.09 Å². The first kappa shape index (κ1) is 24.5. The van der Waals surface area contributed by atoms with Crippen molar-refractivity contribution in [3.8, 4) is 0 Å². The molecule has 8 nitrogen and oxygen atoms in total. The molecular weight excluding hydrogens is 495 g/mol. The average Bonchev–Trinajstić information content (AvgIpc) is 2.69. The zero-order valence-corrected chi connectivity index (χ0v) is 19.5. The molecule has 1 N–H and O–H groups in total. The Morgan fingerprint density at radius 2 is 1.75 bits per heavy atom. The van der Waals surface area contributed by atoms with E-state index >= 15 is 0 Å². The third-order valence-corrected chi connectivity index (χ3v) is 6.11. The molecule has 1 aliphatic rings. The van der Waals surface area contributed by atoms with Crippen LogP contribution in [0.3, 0.4) is 0 Å². The summed E-state index contributed by atoms with van der Waals surface area (Å²) in [6.45, 7) is 5.12. The van der Waals surface area contributed by atoms with E-state index in [0.717, 1.165) is 5.96 Å². The van der Waals surface area contributed by atoms with Crippen LogP contribution in [0, 0.1) is 0 Å². The monoisotopic (exact) mass is 524 g/mol. The lowest BCUT2D eigenvalue weighted by Gasteiger charge is -2.35. The molecule has 2 rings (SSSR count). The quantitative estimate of drug-likeness (QED) is 0.264. The van der Waals surface area contributed by atoms with Crippen LogP contribution in [0.4, 0.5) is 4.79 Å².